The lowest BCUT2D eigenvalue weighted by Crippen LogP contribution is -2.28. The molecule has 3 aromatic carbocycles. The Labute approximate surface area is 164 Å². The van der Waals surface area contributed by atoms with Crippen molar-refractivity contribution >= 4 is 16.8 Å². The number of fused-ring (bicyclic) bond motifs is 1. The van der Waals surface area contributed by atoms with Gasteiger partial charge in [-0.15, -0.1) is 0 Å². The Kier molecular flexibility index (Phi) is 5.11. The number of methoxy groups -OCH3 is 1. The van der Waals surface area contributed by atoms with Gasteiger partial charge in [-0.25, -0.2) is 0 Å². The molecule has 2 N–H and O–H groups in total. The Morgan fingerprint density at radius 1 is 0.964 bits per heavy atom. The van der Waals surface area contributed by atoms with Gasteiger partial charge in [0.1, 0.15) is 5.75 Å². The van der Waals surface area contributed by atoms with Crippen LogP contribution in [0.15, 0.2) is 85.1 Å². The van der Waals surface area contributed by atoms with E-state index in [0.29, 0.717) is 12.1 Å². The largest absolute Gasteiger partial charge is 0.497 e. The van der Waals surface area contributed by atoms with Crippen molar-refractivity contribution in [1.82, 2.24) is 10.3 Å². The number of benzene rings is 3. The molecular formula is C24H22N2O2. The summed E-state index contributed by atoms with van der Waals surface area (Å²) in [5.74, 6) is 0.767. The summed E-state index contributed by atoms with van der Waals surface area (Å²) in [5.41, 5.74) is 4.04. The van der Waals surface area contributed by atoms with E-state index in [2.05, 4.69) is 34.6 Å². The number of rotatable bonds is 6. The maximum Gasteiger partial charge on any atom is 0.251 e. The van der Waals surface area contributed by atoms with Gasteiger partial charge < -0.3 is 15.0 Å². The van der Waals surface area contributed by atoms with Crippen molar-refractivity contribution in [3.63, 3.8) is 0 Å². The summed E-state index contributed by atoms with van der Waals surface area (Å²) >= 11 is 0. The molecule has 0 aliphatic rings. The average molecular weight is 370 g/mol. The minimum absolute atomic E-state index is 0.0229. The van der Waals surface area contributed by atoms with Crippen LogP contribution in [0.5, 0.6) is 5.75 Å². The highest BCUT2D eigenvalue weighted by Gasteiger charge is 2.19. The van der Waals surface area contributed by atoms with Gasteiger partial charge in [0, 0.05) is 35.1 Å². The molecule has 1 atom stereocenters. The Morgan fingerprint density at radius 3 is 2.43 bits per heavy atom. The van der Waals surface area contributed by atoms with Gasteiger partial charge in [-0.1, -0.05) is 48.5 Å². The summed E-state index contributed by atoms with van der Waals surface area (Å²) in [6.45, 7) is 0.502. The number of nitrogens with one attached hydrogen (secondary N) is 2. The Balaban J connectivity index is 1.66. The van der Waals surface area contributed by atoms with Crippen molar-refractivity contribution in [3.05, 3.63) is 102 Å². The quantitative estimate of drug-likeness (QED) is 0.515. The second-order valence-corrected chi connectivity index (χ2v) is 6.69. The van der Waals surface area contributed by atoms with Crippen LogP contribution < -0.4 is 10.1 Å². The summed E-state index contributed by atoms with van der Waals surface area (Å²) in [7, 11) is 1.66. The first-order valence-electron chi connectivity index (χ1n) is 9.29. The molecule has 0 saturated carbocycles. The maximum atomic E-state index is 12.6. The monoisotopic (exact) mass is 370 g/mol. The highest BCUT2D eigenvalue weighted by Crippen LogP contribution is 2.31. The van der Waals surface area contributed by atoms with Gasteiger partial charge in [0.25, 0.3) is 5.91 Å². The number of para-hydroxylation sites is 1. The predicted octanol–water partition coefficient (Wildman–Crippen LogP) is 4.74. The number of amides is 1. The first-order chi connectivity index (χ1) is 13.8. The van der Waals surface area contributed by atoms with Crippen LogP contribution in [0.3, 0.4) is 0 Å². The molecule has 0 aliphatic carbocycles. The molecule has 0 aliphatic heterocycles. The minimum atomic E-state index is -0.0704. The van der Waals surface area contributed by atoms with Crippen molar-refractivity contribution in [1.29, 1.82) is 0 Å². The smallest absolute Gasteiger partial charge is 0.251 e. The molecule has 0 unspecified atom stereocenters. The third kappa shape index (κ3) is 3.62. The van der Waals surface area contributed by atoms with Gasteiger partial charge in [-0.05, 0) is 41.5 Å². The Morgan fingerprint density at radius 2 is 1.68 bits per heavy atom. The summed E-state index contributed by atoms with van der Waals surface area (Å²) in [6, 6.07) is 25.5. The van der Waals surface area contributed by atoms with Crippen LogP contribution >= 0.6 is 0 Å². The number of carbonyl (C=O) groups excluding carboxylic acids is 1. The second kappa shape index (κ2) is 8.01. The topological polar surface area (TPSA) is 54.1 Å². The zero-order valence-electron chi connectivity index (χ0n) is 15.7. The van der Waals surface area contributed by atoms with Crippen LogP contribution in [0.2, 0.25) is 0 Å². The molecule has 4 aromatic rings. The first kappa shape index (κ1) is 17.9. The van der Waals surface area contributed by atoms with E-state index in [9.17, 15) is 4.79 Å². The molecule has 4 nitrogen and oxygen atoms in total. The second-order valence-electron chi connectivity index (χ2n) is 6.69. The first-order valence-corrected chi connectivity index (χ1v) is 9.29. The lowest BCUT2D eigenvalue weighted by Gasteiger charge is -2.18. The van der Waals surface area contributed by atoms with Crippen LogP contribution in [0.25, 0.3) is 10.9 Å². The molecule has 0 spiro atoms. The number of hydrogen-bond donors (Lipinski definition) is 2. The fourth-order valence-electron chi connectivity index (χ4n) is 3.51. The van der Waals surface area contributed by atoms with E-state index in [1.807, 2.05) is 60.8 Å². The number of aromatic amines is 1. The molecule has 0 saturated heterocycles. The fourth-order valence-corrected chi connectivity index (χ4v) is 3.51. The SMILES string of the molecule is COc1ccc([C@@H](CNC(=O)c2ccccc2)c2c[nH]c3ccccc23)cc1. The molecule has 4 rings (SSSR count). The van der Waals surface area contributed by atoms with Gasteiger partial charge >= 0.3 is 0 Å². The zero-order chi connectivity index (χ0) is 19.3. The van der Waals surface area contributed by atoms with Crippen molar-refractivity contribution in [2.75, 3.05) is 13.7 Å². The number of aromatic nitrogens is 1. The highest BCUT2D eigenvalue weighted by atomic mass is 16.5. The number of H-pyrrole nitrogens is 1. The summed E-state index contributed by atoms with van der Waals surface area (Å²) in [4.78, 5) is 15.9. The molecule has 4 heteroatoms. The highest BCUT2D eigenvalue weighted by molar-refractivity contribution is 5.94. The minimum Gasteiger partial charge on any atom is -0.497 e. The fraction of sp³-hybridized carbons (Fsp3) is 0.125. The van der Waals surface area contributed by atoms with Gasteiger partial charge in [-0.3, -0.25) is 4.79 Å². The van der Waals surface area contributed by atoms with Crippen LogP contribution in [0.1, 0.15) is 27.4 Å². The average Bonchev–Trinajstić information content (AvgIpc) is 3.19. The van der Waals surface area contributed by atoms with Gasteiger partial charge in [0.15, 0.2) is 0 Å². The van der Waals surface area contributed by atoms with E-state index in [-0.39, 0.29) is 11.8 Å². The van der Waals surface area contributed by atoms with Gasteiger partial charge in [-0.2, -0.15) is 0 Å². The molecule has 1 amide bonds. The zero-order valence-corrected chi connectivity index (χ0v) is 15.7. The molecule has 0 bridgehead atoms. The lowest BCUT2D eigenvalue weighted by atomic mass is 9.90. The molecule has 1 aromatic heterocycles. The Hall–Kier alpha value is -3.53. The van der Waals surface area contributed by atoms with Crippen LogP contribution in [-0.4, -0.2) is 24.5 Å². The molecule has 0 fully saturated rings. The number of carbonyl (C=O) groups is 1. The maximum absolute atomic E-state index is 12.6. The Bertz CT molecular complexity index is 1070. The third-order valence-electron chi connectivity index (χ3n) is 5.02. The summed E-state index contributed by atoms with van der Waals surface area (Å²) < 4.78 is 5.29. The molecule has 0 radical (unpaired) electrons. The van der Waals surface area contributed by atoms with E-state index in [4.69, 9.17) is 4.74 Å². The van der Waals surface area contributed by atoms with Crippen molar-refractivity contribution in [2.45, 2.75) is 5.92 Å². The lowest BCUT2D eigenvalue weighted by molar-refractivity contribution is 0.0952. The van der Waals surface area contributed by atoms with Crippen molar-refractivity contribution in [3.8, 4) is 5.75 Å². The third-order valence-corrected chi connectivity index (χ3v) is 5.02. The van der Waals surface area contributed by atoms with E-state index >= 15 is 0 Å². The summed E-state index contributed by atoms with van der Waals surface area (Å²) in [6.07, 6.45) is 2.04. The van der Waals surface area contributed by atoms with Gasteiger partial charge in [0.2, 0.25) is 0 Å². The molecule has 28 heavy (non-hydrogen) atoms. The van der Waals surface area contributed by atoms with Gasteiger partial charge in [0.05, 0.1) is 7.11 Å². The van der Waals surface area contributed by atoms with Crippen molar-refractivity contribution in [2.24, 2.45) is 0 Å². The van der Waals surface area contributed by atoms with Crippen LogP contribution in [0, 0.1) is 0 Å². The molecule has 1 heterocycles. The summed E-state index contributed by atoms with van der Waals surface area (Å²) in [5, 5.41) is 4.26. The van der Waals surface area contributed by atoms with Crippen LogP contribution in [-0.2, 0) is 0 Å². The predicted molar refractivity (Wildman–Crippen MR) is 112 cm³/mol. The van der Waals surface area contributed by atoms with Crippen LogP contribution in [0.4, 0.5) is 0 Å². The van der Waals surface area contributed by atoms with E-state index in [1.54, 1.807) is 7.11 Å². The normalized spacial score (nSPS) is 11.9. The van der Waals surface area contributed by atoms with E-state index in [1.165, 1.54) is 0 Å². The van der Waals surface area contributed by atoms with E-state index in [0.717, 1.165) is 27.8 Å². The van der Waals surface area contributed by atoms with Crippen molar-refractivity contribution < 1.29 is 9.53 Å². The molecule has 140 valence electrons. The van der Waals surface area contributed by atoms with E-state index < -0.39 is 0 Å². The number of hydrogen-bond acceptors (Lipinski definition) is 2. The number of ether oxygens (including phenoxy) is 1. The molecular weight excluding hydrogens is 348 g/mol. The standard InChI is InChI=1S/C24H22N2O2/c1-28-19-13-11-17(12-14-19)21(15-26-24(27)18-7-3-2-4-8-18)22-16-25-23-10-6-5-9-20(22)23/h2-14,16,21,25H,15H2,1H3,(H,26,27)/t21-/m1/s1.